The van der Waals surface area contributed by atoms with E-state index in [4.69, 9.17) is 9.47 Å². The molecule has 0 amide bonds. The average Bonchev–Trinajstić information content (AvgIpc) is 2.73. The fourth-order valence-corrected chi connectivity index (χ4v) is 3.70. The first-order valence-corrected chi connectivity index (χ1v) is 10.1. The number of benzene rings is 2. The largest absolute Gasteiger partial charge is 0.573 e. The molecular formula is C22H23F6NO4. The number of anilines is 1. The fraction of sp³-hybridized carbons (Fsp3) is 0.455. The van der Waals surface area contributed by atoms with Crippen molar-refractivity contribution >= 4 is 5.69 Å². The zero-order valence-electron chi connectivity index (χ0n) is 17.6. The smallest absolute Gasteiger partial charge is 0.489 e. The highest BCUT2D eigenvalue weighted by atomic mass is 19.4. The number of aliphatic hydroxyl groups excluding tert-OH is 1. The molecule has 0 bridgehead atoms. The van der Waals surface area contributed by atoms with Crippen LogP contribution in [0.4, 0.5) is 32.0 Å². The van der Waals surface area contributed by atoms with Crippen LogP contribution >= 0.6 is 0 Å². The van der Waals surface area contributed by atoms with Crippen LogP contribution in [0.2, 0.25) is 0 Å². The maximum atomic E-state index is 13.1. The predicted octanol–water partition coefficient (Wildman–Crippen LogP) is 5.17. The highest BCUT2D eigenvalue weighted by Crippen LogP contribution is 2.44. The molecule has 1 heterocycles. The van der Waals surface area contributed by atoms with Gasteiger partial charge in [0.2, 0.25) is 0 Å². The Morgan fingerprint density at radius 2 is 1.85 bits per heavy atom. The van der Waals surface area contributed by atoms with Crippen LogP contribution in [0.1, 0.15) is 12.8 Å². The molecule has 0 radical (unpaired) electrons. The van der Waals surface area contributed by atoms with Crippen molar-refractivity contribution in [3.63, 3.8) is 0 Å². The van der Waals surface area contributed by atoms with Crippen LogP contribution in [-0.2, 0) is 4.74 Å². The van der Waals surface area contributed by atoms with Gasteiger partial charge in [-0.05, 0) is 36.6 Å². The molecule has 33 heavy (non-hydrogen) atoms. The van der Waals surface area contributed by atoms with Crippen molar-refractivity contribution in [1.82, 2.24) is 0 Å². The summed E-state index contributed by atoms with van der Waals surface area (Å²) in [5.41, 5.74) is 1.04. The lowest BCUT2D eigenvalue weighted by atomic mass is 9.99. The Kier molecular flexibility index (Phi) is 7.63. The highest BCUT2D eigenvalue weighted by Gasteiger charge is 2.42. The van der Waals surface area contributed by atoms with Gasteiger partial charge in [0, 0.05) is 19.3 Å². The molecule has 0 spiro atoms. The van der Waals surface area contributed by atoms with Crippen molar-refractivity contribution in [2.24, 2.45) is 0 Å². The lowest BCUT2D eigenvalue weighted by Gasteiger charge is -2.40. The van der Waals surface area contributed by atoms with Crippen LogP contribution in [0.5, 0.6) is 11.5 Å². The number of hydrogen-bond acceptors (Lipinski definition) is 5. The van der Waals surface area contributed by atoms with E-state index in [0.717, 1.165) is 6.07 Å². The lowest BCUT2D eigenvalue weighted by Crippen LogP contribution is -2.50. The molecule has 0 fully saturated rings. The van der Waals surface area contributed by atoms with Crippen LogP contribution in [0.25, 0.3) is 11.1 Å². The third-order valence-corrected chi connectivity index (χ3v) is 5.18. The minimum atomic E-state index is -4.87. The number of β-amino-alcohol motifs (C(OH)–C–C–N with tert-alkyl or cyclic N) is 1. The summed E-state index contributed by atoms with van der Waals surface area (Å²) in [6, 6.07) is 9.49. The number of para-hydroxylation sites is 1. The first kappa shape index (κ1) is 25.0. The number of aliphatic hydroxyl groups is 1. The maximum absolute atomic E-state index is 13.1. The summed E-state index contributed by atoms with van der Waals surface area (Å²) >= 11 is 0. The summed E-state index contributed by atoms with van der Waals surface area (Å²) in [6.07, 6.45) is -11.2. The van der Waals surface area contributed by atoms with E-state index >= 15 is 0 Å². The summed E-state index contributed by atoms with van der Waals surface area (Å²) in [4.78, 5) is 1.44. The van der Waals surface area contributed by atoms with Gasteiger partial charge in [0.05, 0.1) is 18.3 Å². The quantitative estimate of drug-likeness (QED) is 0.418. The average molecular weight is 479 g/mol. The van der Waals surface area contributed by atoms with Crippen molar-refractivity contribution in [3.05, 3.63) is 42.5 Å². The Morgan fingerprint density at radius 3 is 2.52 bits per heavy atom. The number of fused-ring (bicyclic) bond motifs is 1. The Hall–Kier alpha value is -2.66. The van der Waals surface area contributed by atoms with E-state index in [0.29, 0.717) is 36.3 Å². The molecule has 2 aromatic rings. The highest BCUT2D eigenvalue weighted by molar-refractivity contribution is 5.80. The second-order valence-corrected chi connectivity index (χ2v) is 7.54. The van der Waals surface area contributed by atoms with E-state index in [-0.39, 0.29) is 12.4 Å². The van der Waals surface area contributed by atoms with Crippen molar-refractivity contribution in [1.29, 1.82) is 0 Å². The van der Waals surface area contributed by atoms with Crippen LogP contribution in [0.15, 0.2) is 42.5 Å². The lowest BCUT2D eigenvalue weighted by molar-refractivity contribution is -0.274. The third-order valence-electron chi connectivity index (χ3n) is 5.18. The van der Waals surface area contributed by atoms with E-state index < -0.39 is 37.0 Å². The molecule has 1 N–H and O–H groups in total. The maximum Gasteiger partial charge on any atom is 0.573 e. The number of rotatable bonds is 8. The number of nitrogens with zero attached hydrogens (tertiary/aromatic N) is 1. The summed E-state index contributed by atoms with van der Waals surface area (Å²) < 4.78 is 92.0. The molecule has 0 aromatic heterocycles. The van der Waals surface area contributed by atoms with Crippen LogP contribution in [-0.4, -0.2) is 56.7 Å². The Labute approximate surface area is 186 Å². The third kappa shape index (κ3) is 6.44. The molecule has 2 unspecified atom stereocenters. The molecule has 11 heteroatoms. The van der Waals surface area contributed by atoms with Gasteiger partial charge in [-0.1, -0.05) is 24.3 Å². The van der Waals surface area contributed by atoms with E-state index in [9.17, 15) is 31.4 Å². The SMILES string of the molecule is COCCCC1COc2c(-c3cccc(OC(F)(F)F)c3)cccc2N1CC(O)C(F)(F)F. The first-order valence-electron chi connectivity index (χ1n) is 10.1. The van der Waals surface area contributed by atoms with Crippen molar-refractivity contribution < 1.29 is 45.7 Å². The molecule has 5 nitrogen and oxygen atoms in total. The zero-order chi connectivity index (χ0) is 24.2. The van der Waals surface area contributed by atoms with E-state index in [1.165, 1.54) is 24.1 Å². The molecule has 0 saturated carbocycles. The number of methoxy groups -OCH3 is 1. The van der Waals surface area contributed by atoms with Gasteiger partial charge in [-0.2, -0.15) is 13.2 Å². The Balaban J connectivity index is 1.97. The summed E-state index contributed by atoms with van der Waals surface area (Å²) in [6.45, 7) is -0.264. The summed E-state index contributed by atoms with van der Waals surface area (Å²) in [5, 5.41) is 9.73. The second-order valence-electron chi connectivity index (χ2n) is 7.54. The van der Waals surface area contributed by atoms with Crippen LogP contribution in [0, 0.1) is 0 Å². The van der Waals surface area contributed by atoms with Gasteiger partial charge < -0.3 is 24.2 Å². The first-order chi connectivity index (χ1) is 15.5. The van der Waals surface area contributed by atoms with Gasteiger partial charge >= 0.3 is 12.5 Å². The van der Waals surface area contributed by atoms with Gasteiger partial charge in [0.15, 0.2) is 11.9 Å². The van der Waals surface area contributed by atoms with Crippen LogP contribution in [0.3, 0.4) is 0 Å². The van der Waals surface area contributed by atoms with E-state index in [1.54, 1.807) is 24.3 Å². The fourth-order valence-electron chi connectivity index (χ4n) is 3.70. The van der Waals surface area contributed by atoms with Gasteiger partial charge in [-0.15, -0.1) is 13.2 Å². The normalized spacial score (nSPS) is 17.3. The van der Waals surface area contributed by atoms with Gasteiger partial charge in [-0.3, -0.25) is 0 Å². The van der Waals surface area contributed by atoms with Gasteiger partial charge in [-0.25, -0.2) is 0 Å². The minimum absolute atomic E-state index is 0.0387. The van der Waals surface area contributed by atoms with Crippen molar-refractivity contribution in [2.45, 2.75) is 37.5 Å². The molecule has 3 rings (SSSR count). The summed E-state index contributed by atoms with van der Waals surface area (Å²) in [7, 11) is 1.51. The summed E-state index contributed by atoms with van der Waals surface area (Å²) in [5.74, 6) is -0.214. The molecule has 1 aliphatic heterocycles. The Morgan fingerprint density at radius 1 is 1.12 bits per heavy atom. The molecule has 0 aliphatic carbocycles. The number of hydrogen-bond donors (Lipinski definition) is 1. The van der Waals surface area contributed by atoms with Gasteiger partial charge in [0.25, 0.3) is 0 Å². The molecular weight excluding hydrogens is 456 g/mol. The molecule has 0 saturated heterocycles. The van der Waals surface area contributed by atoms with E-state index in [1.807, 2.05) is 0 Å². The number of halogens is 6. The standard InChI is InChI=1S/C22H23F6NO4/c1-31-10-4-6-15-13-32-20-17(14-5-2-7-16(11-14)33-22(26,27)28)8-3-9-18(20)29(15)12-19(30)21(23,24)25/h2-3,5,7-9,11,15,19,30H,4,6,10,12-13H2,1H3. The van der Waals surface area contributed by atoms with Crippen molar-refractivity contribution in [3.8, 4) is 22.6 Å². The molecule has 2 atom stereocenters. The minimum Gasteiger partial charge on any atom is -0.489 e. The van der Waals surface area contributed by atoms with Crippen molar-refractivity contribution in [2.75, 3.05) is 31.8 Å². The predicted molar refractivity (Wildman–Crippen MR) is 108 cm³/mol. The molecule has 182 valence electrons. The van der Waals surface area contributed by atoms with Gasteiger partial charge in [0.1, 0.15) is 12.4 Å². The van der Waals surface area contributed by atoms with Crippen LogP contribution < -0.4 is 14.4 Å². The van der Waals surface area contributed by atoms with E-state index in [2.05, 4.69) is 4.74 Å². The monoisotopic (exact) mass is 479 g/mol. The number of alkyl halides is 6. The molecule has 2 aromatic carbocycles. The Bertz CT molecular complexity index is 934. The molecule has 1 aliphatic rings. The number of ether oxygens (including phenoxy) is 3. The topological polar surface area (TPSA) is 51.2 Å². The zero-order valence-corrected chi connectivity index (χ0v) is 17.6. The second kappa shape index (κ2) is 10.1.